The molecule has 18 heavy (non-hydrogen) atoms. The van der Waals surface area contributed by atoms with Crippen molar-refractivity contribution in [3.63, 3.8) is 0 Å². The minimum atomic E-state index is -0.0329. The fourth-order valence-corrected chi connectivity index (χ4v) is 1.76. The predicted octanol–water partition coefficient (Wildman–Crippen LogP) is 3.24. The molecule has 1 rings (SSSR count). The molecule has 1 atom stereocenters. The van der Waals surface area contributed by atoms with Crippen molar-refractivity contribution in [2.75, 3.05) is 5.32 Å². The molecule has 0 heterocycles. The molecule has 0 aliphatic rings. The van der Waals surface area contributed by atoms with Crippen LogP contribution in [0, 0.1) is 12.8 Å². The highest BCUT2D eigenvalue weighted by molar-refractivity contribution is 7.80. The topological polar surface area (TPSA) is 41.1 Å². The molecule has 98 valence electrons. The molecule has 1 amide bonds. The van der Waals surface area contributed by atoms with Crippen LogP contribution in [0.4, 0.5) is 5.69 Å². The summed E-state index contributed by atoms with van der Waals surface area (Å²) in [7, 11) is 0. The van der Waals surface area contributed by atoms with Crippen LogP contribution in [0.5, 0.6) is 0 Å². The van der Waals surface area contributed by atoms with Crippen molar-refractivity contribution in [1.29, 1.82) is 0 Å². The molecule has 0 saturated heterocycles. The summed E-state index contributed by atoms with van der Waals surface area (Å²) in [6, 6.07) is 7.85. The number of carbonyl (C=O) groups excluding carboxylic acids is 1. The average molecular weight is 264 g/mol. The zero-order valence-electron chi connectivity index (χ0n) is 11.1. The maximum Gasteiger partial charge on any atom is 0.226 e. The minimum Gasteiger partial charge on any atom is -0.332 e. The number of thiocarbonyl (C=S) groups is 1. The summed E-state index contributed by atoms with van der Waals surface area (Å²) >= 11 is 5.10. The zero-order valence-corrected chi connectivity index (χ0v) is 11.9. The summed E-state index contributed by atoms with van der Waals surface area (Å²) < 4.78 is 0. The van der Waals surface area contributed by atoms with Gasteiger partial charge in [0.1, 0.15) is 0 Å². The quantitative estimate of drug-likeness (QED) is 0.820. The van der Waals surface area contributed by atoms with Crippen LogP contribution in [0.25, 0.3) is 0 Å². The lowest BCUT2D eigenvalue weighted by molar-refractivity contribution is -0.120. The number of nitrogens with one attached hydrogen (secondary N) is 2. The summed E-state index contributed by atoms with van der Waals surface area (Å²) in [5.41, 5.74) is 2.04. The van der Waals surface area contributed by atoms with Gasteiger partial charge in [-0.2, -0.15) is 0 Å². The molecule has 0 aliphatic heterocycles. The van der Waals surface area contributed by atoms with Crippen LogP contribution in [-0.4, -0.2) is 11.0 Å². The first-order valence-electron chi connectivity index (χ1n) is 6.18. The second kappa shape index (κ2) is 7.11. The van der Waals surface area contributed by atoms with Gasteiger partial charge in [-0.3, -0.25) is 4.79 Å². The van der Waals surface area contributed by atoms with Crippen LogP contribution in [-0.2, 0) is 4.79 Å². The van der Waals surface area contributed by atoms with E-state index < -0.39 is 0 Å². The highest BCUT2D eigenvalue weighted by Gasteiger charge is 2.08. The number of amides is 1. The highest BCUT2D eigenvalue weighted by Crippen LogP contribution is 2.09. The molecule has 2 N–H and O–H groups in total. The van der Waals surface area contributed by atoms with Crippen LogP contribution >= 0.6 is 12.2 Å². The second-order valence-electron chi connectivity index (χ2n) is 4.59. The molecular weight excluding hydrogens is 244 g/mol. The third kappa shape index (κ3) is 5.27. The van der Waals surface area contributed by atoms with Crippen LogP contribution in [0.3, 0.4) is 0 Å². The number of aryl methyl sites for hydroxylation is 1. The standard InChI is InChI=1S/C14H20N2OS/c1-4-10(2)9-13(17)16-14(18)15-12-7-5-6-11(3)8-12/h5-8,10H,4,9H2,1-3H3,(H2,15,16,17,18). The van der Waals surface area contributed by atoms with E-state index in [0.717, 1.165) is 17.7 Å². The third-order valence-electron chi connectivity index (χ3n) is 2.76. The molecule has 4 heteroatoms. The number of hydrogen-bond acceptors (Lipinski definition) is 2. The van der Waals surface area contributed by atoms with Gasteiger partial charge >= 0.3 is 0 Å². The fraction of sp³-hybridized carbons (Fsp3) is 0.429. The van der Waals surface area contributed by atoms with Crippen LogP contribution in [0.2, 0.25) is 0 Å². The van der Waals surface area contributed by atoms with Crippen LogP contribution in [0.1, 0.15) is 32.3 Å². The van der Waals surface area contributed by atoms with E-state index in [1.807, 2.05) is 31.2 Å². The SMILES string of the molecule is CCC(C)CC(=O)NC(=S)Nc1cccc(C)c1. The monoisotopic (exact) mass is 264 g/mol. The first-order chi connectivity index (χ1) is 8.51. The normalized spacial score (nSPS) is 11.7. The van der Waals surface area contributed by atoms with Crippen molar-refractivity contribution >= 4 is 28.9 Å². The van der Waals surface area contributed by atoms with Crippen molar-refractivity contribution in [2.24, 2.45) is 5.92 Å². The van der Waals surface area contributed by atoms with Crippen molar-refractivity contribution < 1.29 is 4.79 Å². The highest BCUT2D eigenvalue weighted by atomic mass is 32.1. The number of anilines is 1. The molecule has 0 saturated carbocycles. The summed E-state index contributed by atoms with van der Waals surface area (Å²) in [5.74, 6) is 0.348. The molecule has 1 aromatic carbocycles. The minimum absolute atomic E-state index is 0.0329. The van der Waals surface area contributed by atoms with Gasteiger partial charge in [0.25, 0.3) is 0 Å². The molecular formula is C14H20N2OS. The predicted molar refractivity (Wildman–Crippen MR) is 79.6 cm³/mol. The molecule has 1 unspecified atom stereocenters. The average Bonchev–Trinajstić information content (AvgIpc) is 2.28. The maximum atomic E-state index is 11.6. The van der Waals surface area contributed by atoms with Gasteiger partial charge in [-0.25, -0.2) is 0 Å². The number of rotatable bonds is 4. The lowest BCUT2D eigenvalue weighted by Crippen LogP contribution is -2.34. The lowest BCUT2D eigenvalue weighted by atomic mass is 10.1. The van der Waals surface area contributed by atoms with E-state index in [1.54, 1.807) is 0 Å². The smallest absolute Gasteiger partial charge is 0.226 e. The van der Waals surface area contributed by atoms with E-state index in [1.165, 1.54) is 0 Å². The second-order valence-corrected chi connectivity index (χ2v) is 5.00. The molecule has 3 nitrogen and oxygen atoms in total. The van der Waals surface area contributed by atoms with E-state index in [4.69, 9.17) is 12.2 Å². The molecule has 0 aromatic heterocycles. The third-order valence-corrected chi connectivity index (χ3v) is 2.96. The molecule has 0 radical (unpaired) electrons. The Balaban J connectivity index is 2.44. The Morgan fingerprint density at radius 2 is 2.17 bits per heavy atom. The Morgan fingerprint density at radius 3 is 2.78 bits per heavy atom. The lowest BCUT2D eigenvalue weighted by Gasteiger charge is -2.12. The summed E-state index contributed by atoms with van der Waals surface area (Å²) in [5, 5.41) is 6.05. The Morgan fingerprint density at radius 1 is 1.44 bits per heavy atom. The zero-order chi connectivity index (χ0) is 13.5. The van der Waals surface area contributed by atoms with Gasteiger partial charge in [0.2, 0.25) is 5.91 Å². The van der Waals surface area contributed by atoms with E-state index in [2.05, 4.69) is 24.5 Å². The van der Waals surface area contributed by atoms with Gasteiger partial charge in [-0.05, 0) is 42.8 Å². The Kier molecular flexibility index (Phi) is 5.78. The Labute approximate surface area is 114 Å². The summed E-state index contributed by atoms with van der Waals surface area (Å²) in [6.07, 6.45) is 1.50. The molecule has 0 spiro atoms. The van der Waals surface area contributed by atoms with E-state index in [-0.39, 0.29) is 5.91 Å². The Bertz CT molecular complexity index is 432. The van der Waals surface area contributed by atoms with Gasteiger partial charge < -0.3 is 10.6 Å². The van der Waals surface area contributed by atoms with Crippen molar-refractivity contribution in [1.82, 2.24) is 5.32 Å². The first-order valence-corrected chi connectivity index (χ1v) is 6.59. The van der Waals surface area contributed by atoms with Crippen molar-refractivity contribution in [3.05, 3.63) is 29.8 Å². The fourth-order valence-electron chi connectivity index (χ4n) is 1.52. The van der Waals surface area contributed by atoms with E-state index in [9.17, 15) is 4.79 Å². The Hall–Kier alpha value is -1.42. The van der Waals surface area contributed by atoms with Crippen LogP contribution < -0.4 is 10.6 Å². The van der Waals surface area contributed by atoms with Crippen LogP contribution in [0.15, 0.2) is 24.3 Å². The summed E-state index contributed by atoms with van der Waals surface area (Å²) in [4.78, 5) is 11.6. The largest absolute Gasteiger partial charge is 0.332 e. The number of hydrogen-bond donors (Lipinski definition) is 2. The number of carbonyl (C=O) groups is 1. The van der Waals surface area contributed by atoms with E-state index in [0.29, 0.717) is 17.5 Å². The van der Waals surface area contributed by atoms with Crippen molar-refractivity contribution in [2.45, 2.75) is 33.6 Å². The van der Waals surface area contributed by atoms with Crippen molar-refractivity contribution in [3.8, 4) is 0 Å². The molecule has 0 bridgehead atoms. The summed E-state index contributed by atoms with van der Waals surface area (Å²) in [6.45, 7) is 6.13. The van der Waals surface area contributed by atoms with Gasteiger partial charge in [-0.1, -0.05) is 32.4 Å². The molecule has 0 fully saturated rings. The van der Waals surface area contributed by atoms with Gasteiger partial charge in [-0.15, -0.1) is 0 Å². The van der Waals surface area contributed by atoms with E-state index >= 15 is 0 Å². The van der Waals surface area contributed by atoms with Gasteiger partial charge in [0.05, 0.1) is 0 Å². The molecule has 1 aromatic rings. The van der Waals surface area contributed by atoms with Gasteiger partial charge in [0.15, 0.2) is 5.11 Å². The first kappa shape index (κ1) is 14.6. The number of benzene rings is 1. The van der Waals surface area contributed by atoms with Gasteiger partial charge in [0, 0.05) is 12.1 Å². The molecule has 0 aliphatic carbocycles. The maximum absolute atomic E-state index is 11.6.